The van der Waals surface area contributed by atoms with Gasteiger partial charge in [-0.3, -0.25) is 0 Å². The van der Waals surface area contributed by atoms with Gasteiger partial charge in [0.25, 0.3) is 0 Å². The van der Waals surface area contributed by atoms with Crippen molar-refractivity contribution < 1.29 is 4.84 Å². The number of nitrogens with zero attached hydrogens (tertiary/aromatic N) is 1. The topological polar surface area (TPSA) is 24.5 Å². The normalized spacial score (nSPS) is 20.9. The van der Waals surface area contributed by atoms with Crippen molar-refractivity contribution in [2.24, 2.45) is 0 Å². The fourth-order valence-corrected chi connectivity index (χ4v) is 0.769. The van der Waals surface area contributed by atoms with Crippen LogP contribution in [0, 0.1) is 0 Å². The minimum absolute atomic E-state index is 0.955. The Balaban J connectivity index is 2.43. The summed E-state index contributed by atoms with van der Waals surface area (Å²) in [6, 6.07) is 0. The van der Waals surface area contributed by atoms with Gasteiger partial charge in [0.2, 0.25) is 0 Å². The standard InChI is InChI=1S/C6H12N2O/c1-3-6-4-8(2)7-9-5-6/h5,7H,3-4H2,1-2H3. The van der Waals surface area contributed by atoms with Crippen molar-refractivity contribution in [2.75, 3.05) is 13.6 Å². The minimum Gasteiger partial charge on any atom is -0.401 e. The number of likely N-dealkylation sites (N-methyl/N-ethyl adjacent to an activating group) is 1. The molecule has 0 aromatic heterocycles. The van der Waals surface area contributed by atoms with Gasteiger partial charge in [0, 0.05) is 13.6 Å². The van der Waals surface area contributed by atoms with Crippen LogP contribution >= 0.6 is 0 Å². The molecule has 0 bridgehead atoms. The van der Waals surface area contributed by atoms with E-state index in [2.05, 4.69) is 12.5 Å². The summed E-state index contributed by atoms with van der Waals surface area (Å²) >= 11 is 0. The maximum absolute atomic E-state index is 4.90. The Hall–Kier alpha value is -0.540. The molecule has 0 amide bonds. The fourth-order valence-electron chi connectivity index (χ4n) is 0.769. The van der Waals surface area contributed by atoms with E-state index in [1.54, 1.807) is 6.26 Å². The second-order valence-electron chi connectivity index (χ2n) is 2.19. The molecule has 0 saturated heterocycles. The van der Waals surface area contributed by atoms with Crippen molar-refractivity contribution in [3.8, 4) is 0 Å². The quantitative estimate of drug-likeness (QED) is 0.561. The molecule has 3 nitrogen and oxygen atoms in total. The van der Waals surface area contributed by atoms with Crippen molar-refractivity contribution in [3.05, 3.63) is 11.8 Å². The lowest BCUT2D eigenvalue weighted by atomic mass is 10.2. The van der Waals surface area contributed by atoms with Crippen LogP contribution in [0.1, 0.15) is 13.3 Å². The Morgan fingerprint density at radius 3 is 3.11 bits per heavy atom. The second-order valence-corrected chi connectivity index (χ2v) is 2.19. The monoisotopic (exact) mass is 128 g/mol. The SMILES string of the molecule is CCC1=CONN(C)C1. The maximum atomic E-state index is 4.90. The van der Waals surface area contributed by atoms with Gasteiger partial charge in [-0.25, -0.2) is 5.01 Å². The highest BCUT2D eigenvalue weighted by molar-refractivity contribution is 5.00. The van der Waals surface area contributed by atoms with Gasteiger partial charge < -0.3 is 4.84 Å². The van der Waals surface area contributed by atoms with E-state index in [9.17, 15) is 0 Å². The highest BCUT2D eigenvalue weighted by Crippen LogP contribution is 2.04. The third-order valence-corrected chi connectivity index (χ3v) is 1.33. The lowest BCUT2D eigenvalue weighted by molar-refractivity contribution is -0.0275. The number of nitrogens with one attached hydrogen (secondary N) is 1. The molecule has 9 heavy (non-hydrogen) atoms. The molecule has 0 spiro atoms. The van der Waals surface area contributed by atoms with E-state index in [1.807, 2.05) is 12.1 Å². The van der Waals surface area contributed by atoms with Gasteiger partial charge in [-0.2, -0.15) is 0 Å². The predicted molar refractivity (Wildman–Crippen MR) is 35.2 cm³/mol. The first-order valence-corrected chi connectivity index (χ1v) is 3.13. The Bertz CT molecular complexity index is 122. The van der Waals surface area contributed by atoms with Gasteiger partial charge in [0.1, 0.15) is 6.26 Å². The second kappa shape index (κ2) is 2.85. The first-order valence-electron chi connectivity index (χ1n) is 3.13. The molecule has 1 rings (SSSR count). The summed E-state index contributed by atoms with van der Waals surface area (Å²) in [5.74, 6) is 0. The summed E-state index contributed by atoms with van der Waals surface area (Å²) in [7, 11) is 1.95. The lowest BCUT2D eigenvalue weighted by Gasteiger charge is -2.22. The molecule has 0 radical (unpaired) electrons. The van der Waals surface area contributed by atoms with E-state index in [4.69, 9.17) is 4.84 Å². The molecule has 1 aliphatic rings. The zero-order valence-corrected chi connectivity index (χ0v) is 5.85. The molecule has 1 heterocycles. The molecule has 0 saturated carbocycles. The first kappa shape index (κ1) is 6.58. The van der Waals surface area contributed by atoms with Crippen molar-refractivity contribution in [2.45, 2.75) is 13.3 Å². The van der Waals surface area contributed by atoms with Gasteiger partial charge in [-0.1, -0.05) is 12.5 Å². The van der Waals surface area contributed by atoms with E-state index in [0.717, 1.165) is 13.0 Å². The van der Waals surface area contributed by atoms with Crippen molar-refractivity contribution in [1.29, 1.82) is 0 Å². The molecular weight excluding hydrogens is 116 g/mol. The first-order chi connectivity index (χ1) is 4.33. The molecule has 0 fully saturated rings. The highest BCUT2D eigenvalue weighted by atomic mass is 16.7. The molecule has 0 aliphatic carbocycles. The number of hydrogen-bond donors (Lipinski definition) is 1. The highest BCUT2D eigenvalue weighted by Gasteiger charge is 2.05. The summed E-state index contributed by atoms with van der Waals surface area (Å²) in [4.78, 5) is 4.90. The van der Waals surface area contributed by atoms with E-state index in [0.29, 0.717) is 0 Å². The summed E-state index contributed by atoms with van der Waals surface area (Å²) in [5, 5.41) is 1.90. The summed E-state index contributed by atoms with van der Waals surface area (Å²) in [6.45, 7) is 3.07. The van der Waals surface area contributed by atoms with Gasteiger partial charge >= 0.3 is 0 Å². The van der Waals surface area contributed by atoms with Crippen molar-refractivity contribution in [3.63, 3.8) is 0 Å². The number of hydrogen-bond acceptors (Lipinski definition) is 3. The van der Waals surface area contributed by atoms with Crippen LogP contribution in [0.2, 0.25) is 0 Å². The van der Waals surface area contributed by atoms with Crippen molar-refractivity contribution in [1.82, 2.24) is 10.6 Å². The van der Waals surface area contributed by atoms with E-state index >= 15 is 0 Å². The van der Waals surface area contributed by atoms with Crippen LogP contribution in [-0.2, 0) is 4.84 Å². The van der Waals surface area contributed by atoms with Crippen LogP contribution in [0.4, 0.5) is 0 Å². The maximum Gasteiger partial charge on any atom is 0.113 e. The molecule has 0 unspecified atom stereocenters. The van der Waals surface area contributed by atoms with E-state index < -0.39 is 0 Å². The molecule has 1 aliphatic heterocycles. The fraction of sp³-hybridized carbons (Fsp3) is 0.667. The van der Waals surface area contributed by atoms with E-state index in [1.165, 1.54) is 5.57 Å². The van der Waals surface area contributed by atoms with Gasteiger partial charge in [-0.05, 0) is 12.0 Å². The van der Waals surface area contributed by atoms with Crippen LogP contribution in [0.3, 0.4) is 0 Å². The molecule has 0 atom stereocenters. The van der Waals surface area contributed by atoms with Crippen LogP contribution in [0.25, 0.3) is 0 Å². The lowest BCUT2D eigenvalue weighted by Crippen LogP contribution is -2.37. The number of rotatable bonds is 1. The third kappa shape index (κ3) is 1.69. The average molecular weight is 128 g/mol. The smallest absolute Gasteiger partial charge is 0.113 e. The van der Waals surface area contributed by atoms with Crippen molar-refractivity contribution >= 4 is 0 Å². The minimum atomic E-state index is 0.955. The van der Waals surface area contributed by atoms with Crippen LogP contribution in [-0.4, -0.2) is 18.6 Å². The average Bonchev–Trinajstić information content (AvgIpc) is 1.88. The molecular formula is C6H12N2O. The zero-order valence-electron chi connectivity index (χ0n) is 5.85. The summed E-state index contributed by atoms with van der Waals surface area (Å²) in [5.41, 5.74) is 4.02. The van der Waals surface area contributed by atoms with Crippen LogP contribution in [0.15, 0.2) is 11.8 Å². The third-order valence-electron chi connectivity index (χ3n) is 1.33. The molecule has 0 aromatic carbocycles. The predicted octanol–water partition coefficient (Wildman–Crippen LogP) is 0.662. The molecule has 0 aromatic rings. The van der Waals surface area contributed by atoms with Gasteiger partial charge in [0.15, 0.2) is 0 Å². The Labute approximate surface area is 55.2 Å². The Morgan fingerprint density at radius 2 is 2.67 bits per heavy atom. The summed E-state index contributed by atoms with van der Waals surface area (Å²) < 4.78 is 0. The van der Waals surface area contributed by atoms with Crippen LogP contribution in [0.5, 0.6) is 0 Å². The Morgan fingerprint density at radius 1 is 1.89 bits per heavy atom. The Kier molecular flexibility index (Phi) is 2.08. The van der Waals surface area contributed by atoms with E-state index in [-0.39, 0.29) is 0 Å². The number of hydrazine groups is 1. The van der Waals surface area contributed by atoms with Crippen LogP contribution < -0.4 is 5.59 Å². The van der Waals surface area contributed by atoms with Gasteiger partial charge in [-0.15, -0.1) is 0 Å². The van der Waals surface area contributed by atoms with Gasteiger partial charge in [0.05, 0.1) is 0 Å². The molecule has 3 heteroatoms. The molecule has 52 valence electrons. The zero-order chi connectivity index (χ0) is 6.69. The summed E-state index contributed by atoms with van der Waals surface area (Å²) in [6.07, 6.45) is 2.83. The largest absolute Gasteiger partial charge is 0.401 e. The molecule has 1 N–H and O–H groups in total.